The molecule has 1 amide bonds. The van der Waals surface area contributed by atoms with Gasteiger partial charge in [-0.15, -0.1) is 12.4 Å². The van der Waals surface area contributed by atoms with Crippen molar-refractivity contribution in [2.45, 2.75) is 38.8 Å². The van der Waals surface area contributed by atoms with Crippen LogP contribution in [0.4, 0.5) is 8.78 Å². The number of ether oxygens (including phenoxy) is 1. The van der Waals surface area contributed by atoms with Gasteiger partial charge in [-0.3, -0.25) is 4.79 Å². The summed E-state index contributed by atoms with van der Waals surface area (Å²) in [5.74, 6) is -1.63. The molecule has 108 valence electrons. The number of hydrogen-bond donors (Lipinski definition) is 2. The van der Waals surface area contributed by atoms with E-state index in [4.69, 9.17) is 5.73 Å². The molecule has 0 aliphatic carbocycles. The van der Waals surface area contributed by atoms with Gasteiger partial charge in [0.1, 0.15) is 6.04 Å². The first-order valence-electron chi connectivity index (χ1n) is 5.21. The van der Waals surface area contributed by atoms with Gasteiger partial charge in [-0.05, 0) is 5.92 Å². The molecule has 0 saturated carbocycles. The Labute approximate surface area is 111 Å². The second-order valence-electron chi connectivity index (χ2n) is 3.99. The van der Waals surface area contributed by atoms with E-state index in [0.29, 0.717) is 0 Å². The molecular weight excluding hydrogens is 270 g/mol. The van der Waals surface area contributed by atoms with Crippen molar-refractivity contribution in [2.24, 2.45) is 11.7 Å². The molecule has 2 atom stereocenters. The molecule has 0 rings (SSSR count). The van der Waals surface area contributed by atoms with Gasteiger partial charge >= 0.3 is 5.97 Å². The lowest BCUT2D eigenvalue weighted by atomic mass is 10.0. The largest absolute Gasteiger partial charge is 0.467 e. The van der Waals surface area contributed by atoms with Crippen molar-refractivity contribution in [1.29, 1.82) is 0 Å². The minimum atomic E-state index is -2.66. The topological polar surface area (TPSA) is 81.4 Å². The summed E-state index contributed by atoms with van der Waals surface area (Å²) in [6, 6.07) is -2.21. The predicted octanol–water partition coefficient (Wildman–Crippen LogP) is 0.704. The number of amides is 1. The van der Waals surface area contributed by atoms with E-state index in [1.807, 2.05) is 0 Å². The molecule has 18 heavy (non-hydrogen) atoms. The summed E-state index contributed by atoms with van der Waals surface area (Å²) >= 11 is 0. The number of methoxy groups -OCH3 is 1. The number of carbonyl (C=O) groups is 2. The molecule has 0 radical (unpaired) electrons. The van der Waals surface area contributed by atoms with Crippen molar-refractivity contribution in [3.63, 3.8) is 0 Å². The molecule has 0 saturated heterocycles. The molecule has 0 spiro atoms. The Balaban J connectivity index is 0. The molecule has 3 N–H and O–H groups in total. The van der Waals surface area contributed by atoms with Gasteiger partial charge in [-0.2, -0.15) is 0 Å². The van der Waals surface area contributed by atoms with E-state index in [1.165, 1.54) is 7.11 Å². The summed E-state index contributed by atoms with van der Waals surface area (Å²) in [5.41, 5.74) is 5.26. The molecule has 0 aromatic rings. The van der Waals surface area contributed by atoms with Crippen LogP contribution in [0, 0.1) is 5.92 Å². The Hall–Kier alpha value is -0.950. The average molecular weight is 289 g/mol. The fourth-order valence-corrected chi connectivity index (χ4v) is 1.18. The number of halogens is 3. The van der Waals surface area contributed by atoms with Crippen molar-refractivity contribution >= 4 is 24.3 Å². The highest BCUT2D eigenvalue weighted by Crippen LogP contribution is 2.06. The van der Waals surface area contributed by atoms with Crippen LogP contribution in [0.1, 0.15) is 20.3 Å². The number of esters is 1. The molecule has 0 aliphatic rings. The molecule has 8 heteroatoms. The van der Waals surface area contributed by atoms with Crippen LogP contribution < -0.4 is 11.1 Å². The van der Waals surface area contributed by atoms with E-state index in [-0.39, 0.29) is 18.3 Å². The molecule has 2 unspecified atom stereocenters. The van der Waals surface area contributed by atoms with Crippen molar-refractivity contribution in [3.8, 4) is 0 Å². The Morgan fingerprint density at radius 1 is 1.33 bits per heavy atom. The SMILES string of the molecule is COC(=O)C(NC(=O)C(N)CC(F)F)C(C)C.Cl. The van der Waals surface area contributed by atoms with Gasteiger partial charge < -0.3 is 15.8 Å². The van der Waals surface area contributed by atoms with Gasteiger partial charge in [0, 0.05) is 6.42 Å². The van der Waals surface area contributed by atoms with Crippen molar-refractivity contribution in [1.82, 2.24) is 5.32 Å². The number of hydrogen-bond acceptors (Lipinski definition) is 4. The number of nitrogens with one attached hydrogen (secondary N) is 1. The second-order valence-corrected chi connectivity index (χ2v) is 3.99. The molecule has 0 aliphatic heterocycles. The molecule has 0 bridgehead atoms. The van der Waals surface area contributed by atoms with E-state index >= 15 is 0 Å². The predicted molar refractivity (Wildman–Crippen MR) is 64.6 cm³/mol. The van der Waals surface area contributed by atoms with Gasteiger partial charge in [0.15, 0.2) is 0 Å². The summed E-state index contributed by atoms with van der Waals surface area (Å²) < 4.78 is 28.5. The molecule has 0 heterocycles. The van der Waals surface area contributed by atoms with E-state index in [0.717, 1.165) is 0 Å². The zero-order valence-electron chi connectivity index (χ0n) is 10.5. The maximum atomic E-state index is 12.0. The average Bonchev–Trinajstić information content (AvgIpc) is 2.22. The highest BCUT2D eigenvalue weighted by atomic mass is 35.5. The first-order valence-corrected chi connectivity index (χ1v) is 5.21. The molecule has 5 nitrogen and oxygen atoms in total. The third kappa shape index (κ3) is 6.70. The summed E-state index contributed by atoms with van der Waals surface area (Å²) in [5, 5.41) is 2.30. The summed E-state index contributed by atoms with van der Waals surface area (Å²) in [4.78, 5) is 22.7. The summed E-state index contributed by atoms with van der Waals surface area (Å²) in [6.45, 7) is 3.39. The van der Waals surface area contributed by atoms with Crippen molar-refractivity contribution in [2.75, 3.05) is 7.11 Å². The van der Waals surface area contributed by atoms with Crippen LogP contribution >= 0.6 is 12.4 Å². The highest BCUT2D eigenvalue weighted by molar-refractivity contribution is 5.87. The Bertz CT molecular complexity index is 278. The molecule has 0 fully saturated rings. The maximum Gasteiger partial charge on any atom is 0.328 e. The Morgan fingerprint density at radius 3 is 2.17 bits per heavy atom. The minimum absolute atomic E-state index is 0. The summed E-state index contributed by atoms with van der Waals surface area (Å²) in [7, 11) is 1.18. The quantitative estimate of drug-likeness (QED) is 0.705. The minimum Gasteiger partial charge on any atom is -0.467 e. The zero-order valence-corrected chi connectivity index (χ0v) is 11.3. The number of nitrogens with two attached hydrogens (primary N) is 1. The normalized spacial score (nSPS) is 13.8. The highest BCUT2D eigenvalue weighted by Gasteiger charge is 2.28. The van der Waals surface area contributed by atoms with Crippen LogP contribution in [0.3, 0.4) is 0 Å². The molecule has 0 aromatic heterocycles. The third-order valence-corrected chi connectivity index (χ3v) is 2.19. The smallest absolute Gasteiger partial charge is 0.328 e. The van der Waals surface area contributed by atoms with Crippen LogP contribution in [0.5, 0.6) is 0 Å². The fraction of sp³-hybridized carbons (Fsp3) is 0.800. The van der Waals surface area contributed by atoms with Crippen molar-refractivity contribution < 1.29 is 23.1 Å². The van der Waals surface area contributed by atoms with Crippen molar-refractivity contribution in [3.05, 3.63) is 0 Å². The Kier molecular flexibility index (Phi) is 9.74. The lowest BCUT2D eigenvalue weighted by Crippen LogP contribution is -2.51. The lowest BCUT2D eigenvalue weighted by molar-refractivity contribution is -0.146. The van der Waals surface area contributed by atoms with E-state index in [1.54, 1.807) is 13.8 Å². The van der Waals surface area contributed by atoms with Crippen LogP contribution in [-0.4, -0.2) is 37.5 Å². The number of carbonyl (C=O) groups excluding carboxylic acids is 2. The van der Waals surface area contributed by atoms with E-state index in [9.17, 15) is 18.4 Å². The Morgan fingerprint density at radius 2 is 1.83 bits per heavy atom. The van der Waals surface area contributed by atoms with Gasteiger partial charge in [0.2, 0.25) is 12.3 Å². The maximum absolute atomic E-state index is 12.0. The zero-order chi connectivity index (χ0) is 13.6. The number of alkyl halides is 2. The second kappa shape index (κ2) is 9.04. The first kappa shape index (κ1) is 19.4. The van der Waals surface area contributed by atoms with E-state index < -0.39 is 36.8 Å². The fourth-order valence-electron chi connectivity index (χ4n) is 1.18. The standard InChI is InChI=1S/C10H18F2N2O3.ClH/c1-5(2)8(10(16)17-3)14-9(15)6(13)4-7(11)12;/h5-8H,4,13H2,1-3H3,(H,14,15);1H. The van der Waals surface area contributed by atoms with Gasteiger partial charge in [0.05, 0.1) is 13.2 Å². The monoisotopic (exact) mass is 288 g/mol. The van der Waals surface area contributed by atoms with Gasteiger partial charge in [0.25, 0.3) is 0 Å². The summed E-state index contributed by atoms with van der Waals surface area (Å²) in [6.07, 6.45) is -3.40. The molecule has 0 aromatic carbocycles. The molecular formula is C10H19ClF2N2O3. The first-order chi connectivity index (χ1) is 7.79. The third-order valence-electron chi connectivity index (χ3n) is 2.19. The van der Waals surface area contributed by atoms with Crippen LogP contribution in [0.15, 0.2) is 0 Å². The van der Waals surface area contributed by atoms with Gasteiger partial charge in [-0.1, -0.05) is 13.8 Å². The van der Waals surface area contributed by atoms with Gasteiger partial charge in [-0.25, -0.2) is 13.6 Å². The van der Waals surface area contributed by atoms with Crippen LogP contribution in [0.2, 0.25) is 0 Å². The van der Waals surface area contributed by atoms with E-state index in [2.05, 4.69) is 10.1 Å². The van der Waals surface area contributed by atoms with Crippen LogP contribution in [0.25, 0.3) is 0 Å². The number of rotatable bonds is 6. The van der Waals surface area contributed by atoms with Crippen LogP contribution in [-0.2, 0) is 14.3 Å². The lowest BCUT2D eigenvalue weighted by Gasteiger charge is -2.21.